The van der Waals surface area contributed by atoms with E-state index in [1.54, 1.807) is 12.1 Å². The fourth-order valence-corrected chi connectivity index (χ4v) is 2.22. The zero-order valence-electron chi connectivity index (χ0n) is 11.9. The van der Waals surface area contributed by atoms with Gasteiger partial charge in [-0.15, -0.1) is 0 Å². The van der Waals surface area contributed by atoms with E-state index in [9.17, 15) is 13.2 Å². The highest BCUT2D eigenvalue weighted by molar-refractivity contribution is 5.74. The number of hydrogen-bond donors (Lipinski definition) is 1. The van der Waals surface area contributed by atoms with E-state index in [1.807, 2.05) is 0 Å². The largest absolute Gasteiger partial charge is 0.457 e. The highest BCUT2D eigenvalue weighted by Crippen LogP contribution is 2.36. The standard InChI is InChI=1S/C18H12F3NO/c19-11-3-1-4-13(9-11)23-17-10-12(22)7-8-14(17)15-5-2-6-16(20)18(15)21/h1-10H,22H2. The second-order valence-electron chi connectivity index (χ2n) is 4.92. The van der Waals surface area contributed by atoms with Crippen LogP contribution in [0.25, 0.3) is 11.1 Å². The molecule has 2 nitrogen and oxygen atoms in total. The predicted molar refractivity (Wildman–Crippen MR) is 82.7 cm³/mol. The van der Waals surface area contributed by atoms with Crippen molar-refractivity contribution in [3.8, 4) is 22.6 Å². The number of halogens is 3. The molecular formula is C18H12F3NO. The Morgan fingerprint density at radius 3 is 2.35 bits per heavy atom. The van der Waals surface area contributed by atoms with E-state index in [4.69, 9.17) is 10.5 Å². The van der Waals surface area contributed by atoms with Crippen LogP contribution in [0, 0.1) is 17.5 Å². The van der Waals surface area contributed by atoms with Crippen LogP contribution in [-0.2, 0) is 0 Å². The number of nitrogen functional groups attached to an aromatic ring is 1. The average molecular weight is 315 g/mol. The summed E-state index contributed by atoms with van der Waals surface area (Å²) >= 11 is 0. The van der Waals surface area contributed by atoms with Crippen molar-refractivity contribution >= 4 is 5.69 Å². The zero-order valence-corrected chi connectivity index (χ0v) is 11.9. The van der Waals surface area contributed by atoms with Gasteiger partial charge < -0.3 is 10.5 Å². The molecule has 0 amide bonds. The third-order valence-electron chi connectivity index (χ3n) is 3.27. The number of hydrogen-bond acceptors (Lipinski definition) is 2. The first-order chi connectivity index (χ1) is 11.0. The van der Waals surface area contributed by atoms with Gasteiger partial charge in [0.25, 0.3) is 0 Å². The van der Waals surface area contributed by atoms with E-state index in [1.165, 1.54) is 42.5 Å². The molecule has 2 N–H and O–H groups in total. The molecule has 0 unspecified atom stereocenters. The molecule has 0 bridgehead atoms. The van der Waals surface area contributed by atoms with Crippen molar-refractivity contribution in [1.82, 2.24) is 0 Å². The maximum Gasteiger partial charge on any atom is 0.166 e. The third kappa shape index (κ3) is 3.13. The highest BCUT2D eigenvalue weighted by Gasteiger charge is 2.15. The van der Waals surface area contributed by atoms with Crippen LogP contribution in [0.4, 0.5) is 18.9 Å². The van der Waals surface area contributed by atoms with Crippen molar-refractivity contribution < 1.29 is 17.9 Å². The summed E-state index contributed by atoms with van der Waals surface area (Å²) in [7, 11) is 0. The molecule has 116 valence electrons. The van der Waals surface area contributed by atoms with Crippen molar-refractivity contribution in [2.75, 3.05) is 5.73 Å². The maximum atomic E-state index is 14.0. The summed E-state index contributed by atoms with van der Waals surface area (Å²) in [6.07, 6.45) is 0. The first-order valence-corrected chi connectivity index (χ1v) is 6.82. The molecule has 0 aliphatic carbocycles. The van der Waals surface area contributed by atoms with Gasteiger partial charge in [0.1, 0.15) is 17.3 Å². The van der Waals surface area contributed by atoms with Gasteiger partial charge >= 0.3 is 0 Å². The van der Waals surface area contributed by atoms with Gasteiger partial charge in [0, 0.05) is 28.9 Å². The molecule has 0 heterocycles. The Balaban J connectivity index is 2.10. The number of benzene rings is 3. The molecule has 3 rings (SSSR count). The van der Waals surface area contributed by atoms with E-state index in [0.29, 0.717) is 11.3 Å². The fraction of sp³-hybridized carbons (Fsp3) is 0. The number of ether oxygens (including phenoxy) is 1. The molecule has 5 heteroatoms. The Labute approximate surface area is 130 Å². The minimum absolute atomic E-state index is 0.0383. The van der Waals surface area contributed by atoms with Gasteiger partial charge in [-0.25, -0.2) is 13.2 Å². The Bertz CT molecular complexity index is 865. The van der Waals surface area contributed by atoms with Crippen LogP contribution in [0.2, 0.25) is 0 Å². The lowest BCUT2D eigenvalue weighted by molar-refractivity contribution is 0.477. The second kappa shape index (κ2) is 6.04. The van der Waals surface area contributed by atoms with Crippen molar-refractivity contribution in [1.29, 1.82) is 0 Å². The van der Waals surface area contributed by atoms with Crippen LogP contribution in [0.15, 0.2) is 60.7 Å². The van der Waals surface area contributed by atoms with E-state index in [-0.39, 0.29) is 17.1 Å². The molecule has 0 atom stereocenters. The summed E-state index contributed by atoms with van der Waals surface area (Å²) < 4.78 is 46.4. The quantitative estimate of drug-likeness (QED) is 0.679. The van der Waals surface area contributed by atoms with Crippen LogP contribution in [-0.4, -0.2) is 0 Å². The molecule has 0 fully saturated rings. The normalized spacial score (nSPS) is 10.6. The molecule has 0 saturated carbocycles. The zero-order chi connectivity index (χ0) is 16.4. The van der Waals surface area contributed by atoms with Gasteiger partial charge in [0.05, 0.1) is 0 Å². The lowest BCUT2D eigenvalue weighted by Gasteiger charge is -2.13. The summed E-state index contributed by atoms with van der Waals surface area (Å²) in [6, 6.07) is 13.9. The molecule has 0 aliphatic heterocycles. The summed E-state index contributed by atoms with van der Waals surface area (Å²) in [5, 5.41) is 0. The maximum absolute atomic E-state index is 14.0. The molecule has 23 heavy (non-hydrogen) atoms. The molecular weight excluding hydrogens is 303 g/mol. The van der Waals surface area contributed by atoms with Crippen molar-refractivity contribution in [2.24, 2.45) is 0 Å². The van der Waals surface area contributed by atoms with Gasteiger partial charge in [0.2, 0.25) is 0 Å². The minimum atomic E-state index is -0.985. The fourth-order valence-electron chi connectivity index (χ4n) is 2.22. The van der Waals surface area contributed by atoms with E-state index < -0.39 is 17.5 Å². The molecule has 0 radical (unpaired) electrons. The molecule has 0 saturated heterocycles. The SMILES string of the molecule is Nc1ccc(-c2cccc(F)c2F)c(Oc2cccc(F)c2)c1. The van der Waals surface area contributed by atoms with Crippen LogP contribution in [0.5, 0.6) is 11.5 Å². The Morgan fingerprint density at radius 2 is 1.57 bits per heavy atom. The van der Waals surface area contributed by atoms with Crippen LogP contribution in [0.1, 0.15) is 0 Å². The van der Waals surface area contributed by atoms with E-state index in [2.05, 4.69) is 0 Å². The second-order valence-corrected chi connectivity index (χ2v) is 4.92. The first-order valence-electron chi connectivity index (χ1n) is 6.82. The molecule has 3 aromatic rings. The summed E-state index contributed by atoms with van der Waals surface area (Å²) in [6.45, 7) is 0. The Kier molecular flexibility index (Phi) is 3.93. The number of rotatable bonds is 3. The van der Waals surface area contributed by atoms with Gasteiger partial charge in [0.15, 0.2) is 11.6 Å². The third-order valence-corrected chi connectivity index (χ3v) is 3.27. The molecule has 0 spiro atoms. The van der Waals surface area contributed by atoms with E-state index in [0.717, 1.165) is 6.07 Å². The van der Waals surface area contributed by atoms with Crippen molar-refractivity contribution in [2.45, 2.75) is 0 Å². The average Bonchev–Trinajstić information content (AvgIpc) is 2.51. The lowest BCUT2D eigenvalue weighted by Crippen LogP contribution is -1.95. The molecule has 3 aromatic carbocycles. The molecule has 0 aromatic heterocycles. The van der Waals surface area contributed by atoms with Crippen molar-refractivity contribution in [3.63, 3.8) is 0 Å². The Morgan fingerprint density at radius 1 is 0.783 bits per heavy atom. The van der Waals surface area contributed by atoms with Gasteiger partial charge in [-0.1, -0.05) is 18.2 Å². The van der Waals surface area contributed by atoms with Gasteiger partial charge in [-0.3, -0.25) is 0 Å². The predicted octanol–water partition coefficient (Wildman–Crippen LogP) is 5.15. The summed E-state index contributed by atoms with van der Waals surface area (Å²) in [4.78, 5) is 0. The Hall–Kier alpha value is -2.95. The lowest BCUT2D eigenvalue weighted by atomic mass is 10.0. The number of nitrogens with two attached hydrogens (primary N) is 1. The summed E-state index contributed by atoms with van der Waals surface area (Å²) in [5.74, 6) is -1.98. The van der Waals surface area contributed by atoms with Crippen molar-refractivity contribution in [3.05, 3.63) is 78.1 Å². The highest BCUT2D eigenvalue weighted by atomic mass is 19.2. The van der Waals surface area contributed by atoms with Crippen LogP contribution in [0.3, 0.4) is 0 Å². The first kappa shape index (κ1) is 15.0. The topological polar surface area (TPSA) is 35.2 Å². The molecule has 0 aliphatic rings. The van der Waals surface area contributed by atoms with Gasteiger partial charge in [-0.2, -0.15) is 0 Å². The smallest absolute Gasteiger partial charge is 0.166 e. The summed E-state index contributed by atoms with van der Waals surface area (Å²) in [5.41, 5.74) is 6.48. The van der Waals surface area contributed by atoms with E-state index >= 15 is 0 Å². The monoisotopic (exact) mass is 315 g/mol. The van der Waals surface area contributed by atoms with Crippen LogP contribution >= 0.6 is 0 Å². The number of anilines is 1. The van der Waals surface area contributed by atoms with Crippen LogP contribution < -0.4 is 10.5 Å². The van der Waals surface area contributed by atoms with Gasteiger partial charge in [-0.05, 0) is 30.3 Å². The minimum Gasteiger partial charge on any atom is -0.457 e.